The van der Waals surface area contributed by atoms with Crippen LogP contribution >= 0.6 is 0 Å². The molecule has 2 saturated heterocycles. The van der Waals surface area contributed by atoms with Crippen LogP contribution < -0.4 is 0 Å². The molecule has 0 bridgehead atoms. The topological polar surface area (TPSA) is 89.5 Å². The molecule has 3 heterocycles. The van der Waals surface area contributed by atoms with Gasteiger partial charge in [0.2, 0.25) is 0 Å². The van der Waals surface area contributed by atoms with Crippen molar-refractivity contribution in [2.24, 2.45) is 0 Å². The summed E-state index contributed by atoms with van der Waals surface area (Å²) in [6.45, 7) is 2.57. The standard InChI is InChI=1S/C11H18N4O3S/c16-8-9-6-12-13-11(9)19(17,18)15-5-4-14-3-1-2-10(14)7-15/h6,10,16H,1-5,7-8H2,(H,12,13). The summed E-state index contributed by atoms with van der Waals surface area (Å²) < 4.78 is 26.6. The first kappa shape index (κ1) is 13.0. The second-order valence-electron chi connectivity index (χ2n) is 5.08. The Morgan fingerprint density at radius 1 is 1.42 bits per heavy atom. The van der Waals surface area contributed by atoms with Gasteiger partial charge in [0.1, 0.15) is 0 Å². The molecular formula is C11H18N4O3S. The highest BCUT2D eigenvalue weighted by Crippen LogP contribution is 2.26. The number of hydrogen-bond acceptors (Lipinski definition) is 5. The van der Waals surface area contributed by atoms with Gasteiger partial charge in [-0.2, -0.15) is 9.40 Å². The fourth-order valence-corrected chi connectivity index (χ4v) is 4.51. The number of H-pyrrole nitrogens is 1. The van der Waals surface area contributed by atoms with Crippen molar-refractivity contribution in [1.29, 1.82) is 0 Å². The first-order valence-corrected chi connectivity index (χ1v) is 7.94. The van der Waals surface area contributed by atoms with E-state index in [1.165, 1.54) is 10.5 Å². The van der Waals surface area contributed by atoms with E-state index in [1.54, 1.807) is 0 Å². The molecule has 0 saturated carbocycles. The highest BCUT2D eigenvalue weighted by atomic mass is 32.2. The average Bonchev–Trinajstić information content (AvgIpc) is 3.06. The molecule has 106 valence electrons. The van der Waals surface area contributed by atoms with Crippen LogP contribution in [0.1, 0.15) is 18.4 Å². The molecule has 1 aromatic heterocycles. The third-order valence-corrected chi connectivity index (χ3v) is 5.88. The van der Waals surface area contributed by atoms with E-state index in [2.05, 4.69) is 15.1 Å². The summed E-state index contributed by atoms with van der Waals surface area (Å²) >= 11 is 0. The van der Waals surface area contributed by atoms with Crippen LogP contribution in [0.15, 0.2) is 11.2 Å². The fourth-order valence-electron chi connectivity index (χ4n) is 2.95. The molecule has 2 fully saturated rings. The number of nitrogens with one attached hydrogen (secondary N) is 1. The van der Waals surface area contributed by atoms with Crippen molar-refractivity contribution in [2.75, 3.05) is 26.2 Å². The molecule has 0 amide bonds. The zero-order valence-corrected chi connectivity index (χ0v) is 11.4. The monoisotopic (exact) mass is 286 g/mol. The van der Waals surface area contributed by atoms with E-state index in [9.17, 15) is 8.42 Å². The third kappa shape index (κ3) is 2.18. The van der Waals surface area contributed by atoms with Gasteiger partial charge < -0.3 is 5.11 Å². The van der Waals surface area contributed by atoms with E-state index >= 15 is 0 Å². The van der Waals surface area contributed by atoms with Crippen molar-refractivity contribution >= 4 is 10.0 Å². The number of sulfonamides is 1. The molecule has 1 aromatic rings. The smallest absolute Gasteiger partial charge is 0.260 e. The molecule has 7 nitrogen and oxygen atoms in total. The van der Waals surface area contributed by atoms with Crippen molar-refractivity contribution in [3.8, 4) is 0 Å². The first-order chi connectivity index (χ1) is 9.13. The number of rotatable bonds is 3. The lowest BCUT2D eigenvalue weighted by molar-refractivity contribution is 0.158. The van der Waals surface area contributed by atoms with Gasteiger partial charge in [-0.1, -0.05) is 0 Å². The Morgan fingerprint density at radius 2 is 2.26 bits per heavy atom. The van der Waals surface area contributed by atoms with Gasteiger partial charge in [-0.25, -0.2) is 8.42 Å². The van der Waals surface area contributed by atoms with Gasteiger partial charge >= 0.3 is 0 Å². The van der Waals surface area contributed by atoms with Gasteiger partial charge in [0.25, 0.3) is 10.0 Å². The van der Waals surface area contributed by atoms with Crippen LogP contribution in [0.2, 0.25) is 0 Å². The number of hydrogen-bond donors (Lipinski definition) is 2. The van der Waals surface area contributed by atoms with Crippen LogP contribution in [-0.2, 0) is 16.6 Å². The van der Waals surface area contributed by atoms with E-state index in [-0.39, 0.29) is 11.6 Å². The fraction of sp³-hybridized carbons (Fsp3) is 0.727. The normalized spacial score (nSPS) is 25.6. The summed E-state index contributed by atoms with van der Waals surface area (Å²) in [5.41, 5.74) is 0.328. The lowest BCUT2D eigenvalue weighted by Gasteiger charge is -2.36. The summed E-state index contributed by atoms with van der Waals surface area (Å²) in [6, 6.07) is 0.337. The van der Waals surface area contributed by atoms with Crippen molar-refractivity contribution < 1.29 is 13.5 Å². The molecule has 0 aliphatic carbocycles. The second kappa shape index (κ2) is 4.86. The van der Waals surface area contributed by atoms with E-state index in [0.717, 1.165) is 25.9 Å². The average molecular weight is 286 g/mol. The maximum Gasteiger partial charge on any atom is 0.260 e. The Morgan fingerprint density at radius 3 is 3.05 bits per heavy atom. The Hall–Kier alpha value is -0.960. The predicted molar refractivity (Wildman–Crippen MR) is 67.9 cm³/mol. The summed E-state index contributed by atoms with van der Waals surface area (Å²) in [6.07, 6.45) is 3.56. The Bertz CT molecular complexity index is 556. The molecule has 2 aliphatic heterocycles. The highest BCUT2D eigenvalue weighted by molar-refractivity contribution is 7.89. The Balaban J connectivity index is 1.85. The van der Waals surface area contributed by atoms with Crippen LogP contribution in [-0.4, -0.2) is 65.1 Å². The lowest BCUT2D eigenvalue weighted by Crippen LogP contribution is -2.52. The maximum absolute atomic E-state index is 12.5. The van der Waals surface area contributed by atoms with Crippen molar-refractivity contribution in [3.63, 3.8) is 0 Å². The van der Waals surface area contributed by atoms with Crippen molar-refractivity contribution in [2.45, 2.75) is 30.5 Å². The molecular weight excluding hydrogens is 268 g/mol. The summed E-state index contributed by atoms with van der Waals surface area (Å²) in [5.74, 6) is 0. The third-order valence-electron chi connectivity index (χ3n) is 4.00. The van der Waals surface area contributed by atoms with E-state index in [1.807, 2.05) is 0 Å². The van der Waals surface area contributed by atoms with Crippen LogP contribution in [0.4, 0.5) is 0 Å². The molecule has 3 rings (SSSR count). The number of aliphatic hydroxyl groups excluding tert-OH is 1. The summed E-state index contributed by atoms with van der Waals surface area (Å²) in [4.78, 5) is 2.35. The molecule has 19 heavy (non-hydrogen) atoms. The van der Waals surface area contributed by atoms with Gasteiger partial charge in [-0.3, -0.25) is 10.00 Å². The lowest BCUT2D eigenvalue weighted by atomic mass is 10.2. The first-order valence-electron chi connectivity index (χ1n) is 6.50. The molecule has 2 N–H and O–H groups in total. The maximum atomic E-state index is 12.5. The number of nitrogens with zero attached hydrogens (tertiary/aromatic N) is 3. The number of piperazine rings is 1. The Labute approximate surface area is 112 Å². The number of aromatic nitrogens is 2. The van der Waals surface area contributed by atoms with Crippen LogP contribution in [0.25, 0.3) is 0 Å². The minimum Gasteiger partial charge on any atom is -0.392 e. The Kier molecular flexibility index (Phi) is 3.34. The van der Waals surface area contributed by atoms with E-state index < -0.39 is 10.0 Å². The van der Waals surface area contributed by atoms with Crippen LogP contribution in [0.3, 0.4) is 0 Å². The van der Waals surface area contributed by atoms with Gasteiger partial charge in [0, 0.05) is 31.2 Å². The predicted octanol–water partition coefficient (Wildman–Crippen LogP) is -0.629. The van der Waals surface area contributed by atoms with Gasteiger partial charge in [0.15, 0.2) is 5.03 Å². The highest BCUT2D eigenvalue weighted by Gasteiger charge is 2.37. The minimum absolute atomic E-state index is 0.0291. The molecule has 0 radical (unpaired) electrons. The minimum atomic E-state index is -3.57. The van der Waals surface area contributed by atoms with Crippen LogP contribution in [0, 0.1) is 0 Å². The van der Waals surface area contributed by atoms with E-state index in [0.29, 0.717) is 24.7 Å². The van der Waals surface area contributed by atoms with E-state index in [4.69, 9.17) is 5.11 Å². The summed E-state index contributed by atoms with van der Waals surface area (Å²) in [5, 5.41) is 15.4. The van der Waals surface area contributed by atoms with Crippen molar-refractivity contribution in [3.05, 3.63) is 11.8 Å². The molecule has 8 heteroatoms. The SMILES string of the molecule is O=S(=O)(c1[nH]ncc1CO)N1CCN2CCCC2C1. The molecule has 0 spiro atoms. The van der Waals surface area contributed by atoms with Gasteiger partial charge in [-0.05, 0) is 19.4 Å². The zero-order valence-electron chi connectivity index (χ0n) is 10.6. The molecule has 0 aromatic carbocycles. The van der Waals surface area contributed by atoms with Crippen molar-refractivity contribution in [1.82, 2.24) is 19.4 Å². The summed E-state index contributed by atoms with van der Waals surface area (Å²) in [7, 11) is -3.57. The quantitative estimate of drug-likeness (QED) is 0.772. The largest absolute Gasteiger partial charge is 0.392 e. The van der Waals surface area contributed by atoms with Gasteiger partial charge in [-0.15, -0.1) is 0 Å². The number of aliphatic hydroxyl groups is 1. The molecule has 1 atom stereocenters. The molecule has 1 unspecified atom stereocenters. The molecule has 2 aliphatic rings. The van der Waals surface area contributed by atoms with Gasteiger partial charge in [0.05, 0.1) is 12.8 Å². The number of aromatic amines is 1. The zero-order chi connectivity index (χ0) is 13.5. The van der Waals surface area contributed by atoms with Crippen LogP contribution in [0.5, 0.6) is 0 Å². The number of fused-ring (bicyclic) bond motifs is 1. The second-order valence-corrected chi connectivity index (χ2v) is 6.95.